The summed E-state index contributed by atoms with van der Waals surface area (Å²) in [6, 6.07) is 9.15. The van der Waals surface area contributed by atoms with Crippen LogP contribution in [0, 0.1) is 0 Å². The van der Waals surface area contributed by atoms with Crippen molar-refractivity contribution in [3.63, 3.8) is 0 Å². The van der Waals surface area contributed by atoms with E-state index in [0.717, 1.165) is 0 Å². The number of ether oxygens (including phenoxy) is 2. The highest BCUT2D eigenvalue weighted by molar-refractivity contribution is 6.42. The van der Waals surface area contributed by atoms with Crippen LogP contribution in [-0.2, 0) is 4.79 Å². The highest BCUT2D eigenvalue weighted by Gasteiger charge is 2.43. The molecule has 33 heavy (non-hydrogen) atoms. The monoisotopic (exact) mass is 494 g/mol. The first-order valence-corrected chi connectivity index (χ1v) is 10.8. The molecule has 0 spiro atoms. The first-order valence-electron chi connectivity index (χ1n) is 10.1. The topological polar surface area (TPSA) is 114 Å². The smallest absolute Gasteiger partial charge is 0.263 e. The fourth-order valence-corrected chi connectivity index (χ4v) is 3.85. The Morgan fingerprint density at radius 1 is 0.939 bits per heavy atom. The summed E-state index contributed by atoms with van der Waals surface area (Å²) in [7, 11) is 2.95. The SMILES string of the molecule is COc1ccc(C(=O)N2CCN(C(=O)c3ccc(Cl)c(Cl)c3)C2C(=O)NCCN)cc1OC. The summed E-state index contributed by atoms with van der Waals surface area (Å²) >= 11 is 12.0. The maximum absolute atomic E-state index is 13.4. The number of nitrogens with zero attached hydrogens (tertiary/aromatic N) is 2. The average Bonchev–Trinajstić information content (AvgIpc) is 3.28. The van der Waals surface area contributed by atoms with Crippen molar-refractivity contribution >= 4 is 40.9 Å². The average molecular weight is 495 g/mol. The van der Waals surface area contributed by atoms with E-state index in [1.807, 2.05) is 0 Å². The molecule has 3 amide bonds. The van der Waals surface area contributed by atoms with Gasteiger partial charge in [-0.05, 0) is 36.4 Å². The Bertz CT molecular complexity index is 1070. The minimum atomic E-state index is -1.17. The van der Waals surface area contributed by atoms with Crippen molar-refractivity contribution in [2.45, 2.75) is 6.17 Å². The number of halogens is 2. The van der Waals surface area contributed by atoms with Crippen LogP contribution in [0.2, 0.25) is 10.0 Å². The molecule has 2 aromatic carbocycles. The van der Waals surface area contributed by atoms with Crippen molar-refractivity contribution in [1.82, 2.24) is 15.1 Å². The zero-order chi connectivity index (χ0) is 24.1. The van der Waals surface area contributed by atoms with Gasteiger partial charge in [-0.25, -0.2) is 0 Å². The lowest BCUT2D eigenvalue weighted by molar-refractivity contribution is -0.128. The summed E-state index contributed by atoms with van der Waals surface area (Å²) < 4.78 is 10.5. The Labute approximate surface area is 201 Å². The summed E-state index contributed by atoms with van der Waals surface area (Å²) in [4.78, 5) is 42.2. The molecule has 1 heterocycles. The molecular weight excluding hydrogens is 471 g/mol. The molecule has 1 unspecified atom stereocenters. The van der Waals surface area contributed by atoms with Crippen LogP contribution >= 0.6 is 23.2 Å². The molecule has 3 rings (SSSR count). The molecule has 1 saturated heterocycles. The summed E-state index contributed by atoms with van der Waals surface area (Å²) in [5.74, 6) is -0.572. The largest absolute Gasteiger partial charge is 0.493 e. The zero-order valence-corrected chi connectivity index (χ0v) is 19.7. The Morgan fingerprint density at radius 3 is 2.06 bits per heavy atom. The van der Waals surface area contributed by atoms with Crippen molar-refractivity contribution < 1.29 is 23.9 Å². The van der Waals surface area contributed by atoms with Gasteiger partial charge in [-0.1, -0.05) is 23.2 Å². The minimum Gasteiger partial charge on any atom is -0.493 e. The number of amides is 3. The standard InChI is InChI=1S/C22H24Cl2N4O5/c1-32-17-6-4-14(12-18(17)33-2)22(31)28-10-9-27(20(28)19(29)26-8-7-25)21(30)13-3-5-15(23)16(24)11-13/h3-6,11-12,20H,7-10,25H2,1-2H3,(H,26,29). The summed E-state index contributed by atoms with van der Waals surface area (Å²) in [5.41, 5.74) is 6.04. The Hall–Kier alpha value is -3.01. The molecule has 3 N–H and O–H groups in total. The quantitative estimate of drug-likeness (QED) is 0.608. The van der Waals surface area contributed by atoms with E-state index in [9.17, 15) is 14.4 Å². The fraction of sp³-hybridized carbons (Fsp3) is 0.318. The van der Waals surface area contributed by atoms with E-state index in [2.05, 4.69) is 5.32 Å². The Balaban J connectivity index is 1.94. The van der Waals surface area contributed by atoms with E-state index in [1.54, 1.807) is 12.1 Å². The number of nitrogens with one attached hydrogen (secondary N) is 1. The van der Waals surface area contributed by atoms with Crippen LogP contribution in [-0.4, -0.2) is 74.1 Å². The molecule has 1 aliphatic rings. The van der Waals surface area contributed by atoms with Crippen molar-refractivity contribution in [1.29, 1.82) is 0 Å². The van der Waals surface area contributed by atoms with Crippen LogP contribution in [0.3, 0.4) is 0 Å². The third-order valence-corrected chi connectivity index (χ3v) is 5.91. The molecule has 0 radical (unpaired) electrons. The lowest BCUT2D eigenvalue weighted by atomic mass is 10.1. The van der Waals surface area contributed by atoms with Gasteiger partial charge in [-0.2, -0.15) is 0 Å². The van der Waals surface area contributed by atoms with Gasteiger partial charge in [0.05, 0.1) is 24.3 Å². The Kier molecular flexibility index (Phi) is 8.01. The van der Waals surface area contributed by atoms with Gasteiger partial charge in [0.1, 0.15) is 0 Å². The van der Waals surface area contributed by atoms with Gasteiger partial charge in [0, 0.05) is 37.3 Å². The number of benzene rings is 2. The van der Waals surface area contributed by atoms with E-state index in [1.165, 1.54) is 48.3 Å². The van der Waals surface area contributed by atoms with Crippen LogP contribution in [0.5, 0.6) is 11.5 Å². The van der Waals surface area contributed by atoms with Gasteiger partial charge < -0.3 is 30.3 Å². The third-order valence-electron chi connectivity index (χ3n) is 5.17. The summed E-state index contributed by atoms with van der Waals surface area (Å²) in [6.07, 6.45) is -1.17. The first kappa shape index (κ1) is 24.6. The molecule has 11 heteroatoms. The van der Waals surface area contributed by atoms with Gasteiger partial charge in [-0.15, -0.1) is 0 Å². The van der Waals surface area contributed by atoms with Gasteiger partial charge in [0.25, 0.3) is 17.7 Å². The molecule has 2 aromatic rings. The van der Waals surface area contributed by atoms with Crippen LogP contribution in [0.25, 0.3) is 0 Å². The molecule has 1 atom stereocenters. The molecule has 0 saturated carbocycles. The predicted molar refractivity (Wildman–Crippen MR) is 124 cm³/mol. The highest BCUT2D eigenvalue weighted by atomic mass is 35.5. The number of methoxy groups -OCH3 is 2. The van der Waals surface area contributed by atoms with Crippen molar-refractivity contribution in [3.8, 4) is 11.5 Å². The molecule has 0 bridgehead atoms. The van der Waals surface area contributed by atoms with Crippen LogP contribution < -0.4 is 20.5 Å². The van der Waals surface area contributed by atoms with Gasteiger partial charge >= 0.3 is 0 Å². The third kappa shape index (κ3) is 5.16. The first-order chi connectivity index (χ1) is 15.8. The van der Waals surface area contributed by atoms with Gasteiger partial charge in [0.15, 0.2) is 17.7 Å². The van der Waals surface area contributed by atoms with Crippen molar-refractivity contribution in [2.24, 2.45) is 5.73 Å². The second-order valence-electron chi connectivity index (χ2n) is 7.15. The van der Waals surface area contributed by atoms with E-state index in [4.69, 9.17) is 38.4 Å². The van der Waals surface area contributed by atoms with E-state index >= 15 is 0 Å². The maximum Gasteiger partial charge on any atom is 0.263 e. The van der Waals surface area contributed by atoms with Gasteiger partial charge in [0.2, 0.25) is 0 Å². The molecule has 1 aliphatic heterocycles. The number of hydrogen-bond acceptors (Lipinski definition) is 6. The lowest BCUT2D eigenvalue weighted by Crippen LogP contribution is -2.54. The number of rotatable bonds is 7. The number of carbonyl (C=O) groups excluding carboxylic acids is 3. The molecule has 1 fully saturated rings. The summed E-state index contributed by atoms with van der Waals surface area (Å²) in [6.45, 7) is 0.713. The fourth-order valence-electron chi connectivity index (χ4n) is 3.55. The number of hydrogen-bond donors (Lipinski definition) is 2. The molecule has 0 aliphatic carbocycles. The molecule has 176 valence electrons. The van der Waals surface area contributed by atoms with Crippen molar-refractivity contribution in [2.75, 3.05) is 40.4 Å². The summed E-state index contributed by atoms with van der Waals surface area (Å²) in [5, 5.41) is 3.18. The Morgan fingerprint density at radius 2 is 1.52 bits per heavy atom. The number of nitrogens with two attached hydrogens (primary N) is 1. The normalized spacial score (nSPS) is 15.4. The van der Waals surface area contributed by atoms with Gasteiger partial charge in [-0.3, -0.25) is 14.4 Å². The second kappa shape index (κ2) is 10.7. The maximum atomic E-state index is 13.4. The highest BCUT2D eigenvalue weighted by Crippen LogP contribution is 2.30. The van der Waals surface area contributed by atoms with Crippen LogP contribution in [0.15, 0.2) is 36.4 Å². The number of carbonyl (C=O) groups is 3. The van der Waals surface area contributed by atoms with Crippen LogP contribution in [0.4, 0.5) is 0 Å². The molecular formula is C22H24Cl2N4O5. The van der Waals surface area contributed by atoms with E-state index in [0.29, 0.717) is 16.5 Å². The predicted octanol–water partition coefficient (Wildman–Crippen LogP) is 2.01. The minimum absolute atomic E-state index is 0.152. The van der Waals surface area contributed by atoms with E-state index in [-0.39, 0.29) is 42.3 Å². The van der Waals surface area contributed by atoms with Crippen molar-refractivity contribution in [3.05, 3.63) is 57.6 Å². The van der Waals surface area contributed by atoms with Crippen LogP contribution in [0.1, 0.15) is 20.7 Å². The molecule has 9 nitrogen and oxygen atoms in total. The molecule has 0 aromatic heterocycles. The second-order valence-corrected chi connectivity index (χ2v) is 7.96. The lowest BCUT2D eigenvalue weighted by Gasteiger charge is -2.29. The zero-order valence-electron chi connectivity index (χ0n) is 18.1. The van der Waals surface area contributed by atoms with E-state index < -0.39 is 23.9 Å².